The molecular formula is C10H10ClFO3. The number of benzene rings is 1. The van der Waals surface area contributed by atoms with Gasteiger partial charge in [-0.05, 0) is 19.1 Å². The fourth-order valence-corrected chi connectivity index (χ4v) is 1.47. The molecule has 1 atom stereocenters. The van der Waals surface area contributed by atoms with E-state index >= 15 is 0 Å². The summed E-state index contributed by atoms with van der Waals surface area (Å²) in [5.74, 6) is -1.13. The molecule has 0 fully saturated rings. The summed E-state index contributed by atoms with van der Waals surface area (Å²) >= 11 is 5.75. The summed E-state index contributed by atoms with van der Waals surface area (Å²) in [5, 5.41) is 8.71. The SMILES string of the molecule is COc1ccc(C(C)(F)C(=O)O)c(Cl)c1. The van der Waals surface area contributed by atoms with Gasteiger partial charge in [-0.1, -0.05) is 17.7 Å². The highest BCUT2D eigenvalue weighted by Crippen LogP contribution is 2.33. The van der Waals surface area contributed by atoms with E-state index in [9.17, 15) is 9.18 Å². The van der Waals surface area contributed by atoms with Gasteiger partial charge in [-0.15, -0.1) is 0 Å². The van der Waals surface area contributed by atoms with Gasteiger partial charge in [0, 0.05) is 5.56 Å². The first-order valence-corrected chi connectivity index (χ1v) is 4.53. The molecule has 0 aliphatic heterocycles. The van der Waals surface area contributed by atoms with Crippen LogP contribution in [0.4, 0.5) is 4.39 Å². The van der Waals surface area contributed by atoms with Crippen LogP contribution < -0.4 is 4.74 Å². The molecule has 0 aliphatic rings. The van der Waals surface area contributed by atoms with Gasteiger partial charge in [0.1, 0.15) is 5.75 Å². The molecule has 5 heteroatoms. The predicted octanol–water partition coefficient (Wildman–Crippen LogP) is 2.62. The summed E-state index contributed by atoms with van der Waals surface area (Å²) in [5.41, 5.74) is -2.58. The lowest BCUT2D eigenvalue weighted by Gasteiger charge is -2.17. The molecule has 0 bridgehead atoms. The van der Waals surface area contributed by atoms with Gasteiger partial charge in [0.25, 0.3) is 0 Å². The lowest BCUT2D eigenvalue weighted by Crippen LogP contribution is -2.27. The van der Waals surface area contributed by atoms with E-state index in [4.69, 9.17) is 21.4 Å². The van der Waals surface area contributed by atoms with Crippen molar-refractivity contribution in [2.75, 3.05) is 7.11 Å². The van der Waals surface area contributed by atoms with Gasteiger partial charge in [-0.25, -0.2) is 9.18 Å². The van der Waals surface area contributed by atoms with Crippen LogP contribution in [0.1, 0.15) is 12.5 Å². The van der Waals surface area contributed by atoms with Crippen LogP contribution in [0.2, 0.25) is 5.02 Å². The van der Waals surface area contributed by atoms with E-state index in [-0.39, 0.29) is 10.6 Å². The molecule has 0 aliphatic carbocycles. The fourth-order valence-electron chi connectivity index (χ4n) is 1.12. The Balaban J connectivity index is 3.22. The van der Waals surface area contributed by atoms with Crippen molar-refractivity contribution in [1.29, 1.82) is 0 Å². The lowest BCUT2D eigenvalue weighted by atomic mass is 9.98. The van der Waals surface area contributed by atoms with Gasteiger partial charge in [-0.3, -0.25) is 0 Å². The number of alkyl halides is 1. The summed E-state index contributed by atoms with van der Waals surface area (Å²) < 4.78 is 18.6. The van der Waals surface area contributed by atoms with E-state index in [2.05, 4.69) is 0 Å². The third kappa shape index (κ3) is 2.21. The average Bonchev–Trinajstić information content (AvgIpc) is 2.16. The molecule has 0 heterocycles. The molecule has 1 aromatic rings. The molecule has 1 aromatic carbocycles. The fraction of sp³-hybridized carbons (Fsp3) is 0.300. The van der Waals surface area contributed by atoms with Crippen molar-refractivity contribution in [3.05, 3.63) is 28.8 Å². The maximum atomic E-state index is 13.7. The Morgan fingerprint density at radius 1 is 1.60 bits per heavy atom. The van der Waals surface area contributed by atoms with E-state index in [0.29, 0.717) is 5.75 Å². The average molecular weight is 233 g/mol. The molecule has 1 N–H and O–H groups in total. The predicted molar refractivity (Wildman–Crippen MR) is 54.1 cm³/mol. The summed E-state index contributed by atoms with van der Waals surface area (Å²) in [6.07, 6.45) is 0. The molecule has 0 amide bonds. The van der Waals surface area contributed by atoms with Crippen molar-refractivity contribution in [2.24, 2.45) is 0 Å². The van der Waals surface area contributed by atoms with Crippen molar-refractivity contribution < 1.29 is 19.0 Å². The Kier molecular flexibility index (Phi) is 3.19. The minimum Gasteiger partial charge on any atom is -0.497 e. The topological polar surface area (TPSA) is 46.5 Å². The van der Waals surface area contributed by atoms with Crippen LogP contribution in [-0.2, 0) is 10.5 Å². The van der Waals surface area contributed by atoms with E-state index in [1.807, 2.05) is 0 Å². The molecule has 0 spiro atoms. The number of rotatable bonds is 3. The third-order valence-corrected chi connectivity index (χ3v) is 2.40. The first kappa shape index (κ1) is 11.8. The van der Waals surface area contributed by atoms with E-state index in [0.717, 1.165) is 6.92 Å². The highest BCUT2D eigenvalue weighted by Gasteiger charge is 2.36. The standard InChI is InChI=1S/C10H10ClFO3/c1-10(12,9(13)14)7-4-3-6(15-2)5-8(7)11/h3-5H,1-2H3,(H,13,14). The van der Waals surface area contributed by atoms with Crippen LogP contribution in [0.25, 0.3) is 0 Å². The zero-order valence-corrected chi connectivity index (χ0v) is 9.01. The molecule has 1 rings (SSSR count). The van der Waals surface area contributed by atoms with E-state index in [1.165, 1.54) is 25.3 Å². The van der Waals surface area contributed by atoms with Crippen molar-refractivity contribution in [3.8, 4) is 5.75 Å². The van der Waals surface area contributed by atoms with Crippen LogP contribution in [0.5, 0.6) is 5.75 Å². The summed E-state index contributed by atoms with van der Waals surface area (Å²) in [6, 6.07) is 4.13. The summed E-state index contributed by atoms with van der Waals surface area (Å²) in [7, 11) is 1.44. The number of hydrogen-bond acceptors (Lipinski definition) is 2. The second kappa shape index (κ2) is 4.06. The van der Waals surface area contributed by atoms with Crippen molar-refractivity contribution in [3.63, 3.8) is 0 Å². The second-order valence-corrected chi connectivity index (χ2v) is 3.56. The van der Waals surface area contributed by atoms with E-state index in [1.54, 1.807) is 0 Å². The van der Waals surface area contributed by atoms with Gasteiger partial charge in [0.15, 0.2) is 0 Å². The molecule has 15 heavy (non-hydrogen) atoms. The van der Waals surface area contributed by atoms with Gasteiger partial charge in [-0.2, -0.15) is 0 Å². The van der Waals surface area contributed by atoms with Gasteiger partial charge in [0.05, 0.1) is 12.1 Å². The van der Waals surface area contributed by atoms with Crippen molar-refractivity contribution in [1.82, 2.24) is 0 Å². The smallest absolute Gasteiger partial charge is 0.345 e. The summed E-state index contributed by atoms with van der Waals surface area (Å²) in [4.78, 5) is 10.7. The lowest BCUT2D eigenvalue weighted by molar-refractivity contribution is -0.150. The van der Waals surface area contributed by atoms with Gasteiger partial charge >= 0.3 is 5.97 Å². The van der Waals surface area contributed by atoms with Crippen LogP contribution >= 0.6 is 11.6 Å². The van der Waals surface area contributed by atoms with Crippen molar-refractivity contribution >= 4 is 17.6 Å². The number of carboxylic acid groups (broad SMARTS) is 1. The first-order chi connectivity index (χ1) is 6.89. The van der Waals surface area contributed by atoms with Crippen molar-refractivity contribution in [2.45, 2.75) is 12.6 Å². The van der Waals surface area contributed by atoms with Gasteiger partial charge in [0.2, 0.25) is 5.67 Å². The minimum atomic E-state index is -2.50. The zero-order valence-electron chi connectivity index (χ0n) is 8.25. The number of methoxy groups -OCH3 is 1. The van der Waals surface area contributed by atoms with Crippen LogP contribution in [0, 0.1) is 0 Å². The second-order valence-electron chi connectivity index (χ2n) is 3.15. The van der Waals surface area contributed by atoms with Crippen LogP contribution in [0.15, 0.2) is 18.2 Å². The molecule has 1 unspecified atom stereocenters. The normalized spacial score (nSPS) is 14.4. The number of carbonyl (C=O) groups is 1. The molecule has 3 nitrogen and oxygen atoms in total. The molecule has 0 saturated heterocycles. The summed E-state index contributed by atoms with van der Waals surface area (Å²) in [6.45, 7) is 0.947. The van der Waals surface area contributed by atoms with E-state index < -0.39 is 11.6 Å². The molecule has 0 aromatic heterocycles. The Labute approximate surface area is 91.4 Å². The Bertz CT molecular complexity index is 390. The number of halogens is 2. The van der Waals surface area contributed by atoms with Crippen LogP contribution in [0.3, 0.4) is 0 Å². The van der Waals surface area contributed by atoms with Crippen LogP contribution in [-0.4, -0.2) is 18.2 Å². The third-order valence-electron chi connectivity index (χ3n) is 2.08. The highest BCUT2D eigenvalue weighted by molar-refractivity contribution is 6.31. The molecule has 82 valence electrons. The maximum Gasteiger partial charge on any atom is 0.345 e. The minimum absolute atomic E-state index is 0.0294. The monoisotopic (exact) mass is 232 g/mol. The zero-order chi connectivity index (χ0) is 11.6. The Morgan fingerprint density at radius 2 is 2.20 bits per heavy atom. The number of carboxylic acids is 1. The highest BCUT2D eigenvalue weighted by atomic mass is 35.5. The Hall–Kier alpha value is -1.29. The Morgan fingerprint density at radius 3 is 2.60 bits per heavy atom. The van der Waals surface area contributed by atoms with Gasteiger partial charge < -0.3 is 9.84 Å². The molecular weight excluding hydrogens is 223 g/mol. The number of ether oxygens (including phenoxy) is 1. The largest absolute Gasteiger partial charge is 0.497 e. The molecule has 0 saturated carbocycles. The maximum absolute atomic E-state index is 13.7. The number of aliphatic carboxylic acids is 1. The first-order valence-electron chi connectivity index (χ1n) is 4.16. The quantitative estimate of drug-likeness (QED) is 0.872. The number of hydrogen-bond donors (Lipinski definition) is 1. The molecule has 0 radical (unpaired) electrons.